The average molecular weight is 411 g/mol. The fourth-order valence-corrected chi connectivity index (χ4v) is 4.90. The number of fused-ring (bicyclic) bond motifs is 1. The van der Waals surface area contributed by atoms with E-state index in [1.54, 1.807) is 11.1 Å². The minimum atomic E-state index is -0.296. The number of rotatable bonds is 7. The highest BCUT2D eigenvalue weighted by atomic mass is 16.3. The molecular weight excluding hydrogens is 380 g/mol. The highest BCUT2D eigenvalue weighted by Gasteiger charge is 2.42. The van der Waals surface area contributed by atoms with Crippen LogP contribution in [-0.2, 0) is 22.7 Å². The number of carbonyl (C=O) groups excluding carboxylic acids is 2. The first-order valence-electron chi connectivity index (χ1n) is 10.9. The van der Waals surface area contributed by atoms with Crippen LogP contribution in [0, 0.1) is 11.8 Å². The number of hydrogen-bond acceptors (Lipinski definition) is 4. The molecular formula is C23H30N4O3. The van der Waals surface area contributed by atoms with Crippen LogP contribution in [0.4, 0.5) is 0 Å². The summed E-state index contributed by atoms with van der Waals surface area (Å²) in [6, 6.07) is 10.2. The molecule has 7 nitrogen and oxygen atoms in total. The summed E-state index contributed by atoms with van der Waals surface area (Å²) in [6.07, 6.45) is 8.10. The molecule has 30 heavy (non-hydrogen) atoms. The molecule has 2 N–H and O–H groups in total. The van der Waals surface area contributed by atoms with E-state index >= 15 is 0 Å². The standard InChI is InChI=1S/C23H30N4O3/c28-11-10-26(14-18-13-24-27(16-18)15-17-6-2-1-3-7-17)23(30)20-12-22(29)25-21-9-5-4-8-19(20)21/h1-3,6-7,13,16,19-21,28H,4-5,8-12,14-15H2,(H,25,29). The first-order valence-corrected chi connectivity index (χ1v) is 10.9. The van der Waals surface area contributed by atoms with Gasteiger partial charge >= 0.3 is 0 Å². The summed E-state index contributed by atoms with van der Waals surface area (Å²) in [7, 11) is 0. The second-order valence-electron chi connectivity index (χ2n) is 8.45. The largest absolute Gasteiger partial charge is 0.395 e. The molecule has 1 aromatic carbocycles. The van der Waals surface area contributed by atoms with Gasteiger partial charge in [-0.25, -0.2) is 0 Å². The van der Waals surface area contributed by atoms with Gasteiger partial charge in [-0.15, -0.1) is 0 Å². The molecule has 1 aliphatic carbocycles. The maximum absolute atomic E-state index is 13.4. The first-order chi connectivity index (χ1) is 14.6. The average Bonchev–Trinajstić information content (AvgIpc) is 3.19. The number of piperidine rings is 1. The van der Waals surface area contributed by atoms with E-state index in [2.05, 4.69) is 22.5 Å². The molecule has 2 amide bonds. The lowest BCUT2D eigenvalue weighted by Crippen LogP contribution is -2.55. The van der Waals surface area contributed by atoms with Crippen molar-refractivity contribution < 1.29 is 14.7 Å². The molecule has 1 saturated carbocycles. The van der Waals surface area contributed by atoms with Gasteiger partial charge in [0.15, 0.2) is 0 Å². The Labute approximate surface area is 177 Å². The normalized spacial score (nSPS) is 23.5. The van der Waals surface area contributed by atoms with Crippen LogP contribution >= 0.6 is 0 Å². The van der Waals surface area contributed by atoms with Gasteiger partial charge in [0.05, 0.1) is 25.3 Å². The molecule has 0 spiro atoms. The molecule has 2 aliphatic rings. The fourth-order valence-electron chi connectivity index (χ4n) is 4.90. The molecule has 4 rings (SSSR count). The Bertz CT molecular complexity index is 866. The van der Waals surface area contributed by atoms with E-state index < -0.39 is 0 Å². The van der Waals surface area contributed by atoms with Gasteiger partial charge in [-0.3, -0.25) is 14.3 Å². The van der Waals surface area contributed by atoms with Crippen LogP contribution in [0.3, 0.4) is 0 Å². The highest BCUT2D eigenvalue weighted by Crippen LogP contribution is 2.36. The zero-order valence-corrected chi connectivity index (χ0v) is 17.2. The minimum Gasteiger partial charge on any atom is -0.395 e. The van der Waals surface area contributed by atoms with E-state index in [0.29, 0.717) is 13.1 Å². The lowest BCUT2D eigenvalue weighted by molar-refractivity contribution is -0.145. The molecule has 7 heteroatoms. The van der Waals surface area contributed by atoms with Crippen molar-refractivity contribution in [1.29, 1.82) is 0 Å². The number of nitrogens with one attached hydrogen (secondary N) is 1. The van der Waals surface area contributed by atoms with E-state index in [9.17, 15) is 14.7 Å². The van der Waals surface area contributed by atoms with Gasteiger partial charge in [-0.05, 0) is 24.3 Å². The summed E-state index contributed by atoms with van der Waals surface area (Å²) >= 11 is 0. The van der Waals surface area contributed by atoms with Crippen molar-refractivity contribution in [2.45, 2.75) is 51.2 Å². The van der Waals surface area contributed by atoms with E-state index in [0.717, 1.165) is 36.8 Å². The number of carbonyl (C=O) groups is 2. The van der Waals surface area contributed by atoms with Crippen LogP contribution in [-0.4, -0.2) is 50.8 Å². The van der Waals surface area contributed by atoms with Gasteiger partial charge in [0.25, 0.3) is 0 Å². The zero-order chi connectivity index (χ0) is 20.9. The summed E-state index contributed by atoms with van der Waals surface area (Å²) in [5.41, 5.74) is 2.08. The third kappa shape index (κ3) is 4.73. The summed E-state index contributed by atoms with van der Waals surface area (Å²) in [4.78, 5) is 27.3. The minimum absolute atomic E-state index is 0.0217. The number of benzene rings is 1. The van der Waals surface area contributed by atoms with Gasteiger partial charge in [-0.2, -0.15) is 5.10 Å². The van der Waals surface area contributed by atoms with E-state index in [1.807, 2.05) is 29.1 Å². The third-order valence-electron chi connectivity index (χ3n) is 6.33. The van der Waals surface area contributed by atoms with Gasteiger partial charge in [0.2, 0.25) is 11.8 Å². The first kappa shape index (κ1) is 20.6. The van der Waals surface area contributed by atoms with Gasteiger partial charge in [-0.1, -0.05) is 43.2 Å². The second-order valence-corrected chi connectivity index (χ2v) is 8.45. The van der Waals surface area contributed by atoms with Crippen molar-refractivity contribution in [3.05, 3.63) is 53.9 Å². The quantitative estimate of drug-likeness (QED) is 0.730. The second kappa shape index (κ2) is 9.43. The van der Waals surface area contributed by atoms with E-state index in [1.165, 1.54) is 0 Å². The van der Waals surface area contributed by atoms with Crippen LogP contribution in [0.5, 0.6) is 0 Å². The predicted octanol–water partition coefficient (Wildman–Crippen LogP) is 1.95. The Kier molecular flexibility index (Phi) is 6.47. The van der Waals surface area contributed by atoms with E-state index in [-0.39, 0.29) is 49.3 Å². The van der Waals surface area contributed by atoms with Crippen LogP contribution in [0.15, 0.2) is 42.7 Å². The number of amides is 2. The molecule has 3 atom stereocenters. The Morgan fingerprint density at radius 2 is 2.00 bits per heavy atom. The Hall–Kier alpha value is -2.67. The molecule has 1 saturated heterocycles. The maximum Gasteiger partial charge on any atom is 0.226 e. The van der Waals surface area contributed by atoms with Gasteiger partial charge < -0.3 is 15.3 Å². The summed E-state index contributed by atoms with van der Waals surface area (Å²) in [6.45, 7) is 1.22. The van der Waals surface area contributed by atoms with Crippen molar-refractivity contribution >= 4 is 11.8 Å². The topological polar surface area (TPSA) is 87.5 Å². The number of aromatic nitrogens is 2. The number of hydrogen-bond donors (Lipinski definition) is 2. The summed E-state index contributed by atoms with van der Waals surface area (Å²) in [5, 5.41) is 17.1. The van der Waals surface area contributed by atoms with E-state index in [4.69, 9.17) is 0 Å². The smallest absolute Gasteiger partial charge is 0.226 e. The van der Waals surface area contributed by atoms with Crippen LogP contribution in [0.25, 0.3) is 0 Å². The third-order valence-corrected chi connectivity index (χ3v) is 6.33. The van der Waals surface area contributed by atoms with Crippen molar-refractivity contribution in [3.63, 3.8) is 0 Å². The Balaban J connectivity index is 1.45. The van der Waals surface area contributed by atoms with Gasteiger partial charge in [0.1, 0.15) is 0 Å². The van der Waals surface area contributed by atoms with Crippen LogP contribution in [0.2, 0.25) is 0 Å². The molecule has 1 aromatic heterocycles. The number of aliphatic hydroxyl groups excluding tert-OH is 1. The fraction of sp³-hybridized carbons (Fsp3) is 0.522. The van der Waals surface area contributed by atoms with Crippen molar-refractivity contribution in [2.75, 3.05) is 13.2 Å². The molecule has 3 unspecified atom stereocenters. The SMILES string of the molecule is O=C1CC(C(=O)N(CCO)Cc2cnn(Cc3ccccc3)c2)C2CCCCC2N1. The Morgan fingerprint density at radius 1 is 1.20 bits per heavy atom. The summed E-state index contributed by atoms with van der Waals surface area (Å²) < 4.78 is 1.86. The predicted molar refractivity (Wildman–Crippen MR) is 112 cm³/mol. The Morgan fingerprint density at radius 3 is 2.80 bits per heavy atom. The molecule has 0 bridgehead atoms. The maximum atomic E-state index is 13.4. The van der Waals surface area contributed by atoms with Gasteiger partial charge in [0, 0.05) is 37.3 Å². The molecule has 160 valence electrons. The van der Waals surface area contributed by atoms with Crippen LogP contribution in [0.1, 0.15) is 43.2 Å². The zero-order valence-electron chi connectivity index (χ0n) is 17.2. The highest BCUT2D eigenvalue weighted by molar-refractivity contribution is 5.87. The van der Waals surface area contributed by atoms with Crippen molar-refractivity contribution in [2.24, 2.45) is 11.8 Å². The van der Waals surface area contributed by atoms with Crippen molar-refractivity contribution in [3.8, 4) is 0 Å². The molecule has 2 fully saturated rings. The number of nitrogens with zero attached hydrogens (tertiary/aromatic N) is 3. The number of aliphatic hydroxyl groups is 1. The molecule has 2 heterocycles. The van der Waals surface area contributed by atoms with Crippen LogP contribution < -0.4 is 5.32 Å². The molecule has 1 aliphatic heterocycles. The lowest BCUT2D eigenvalue weighted by atomic mass is 9.72. The lowest BCUT2D eigenvalue weighted by Gasteiger charge is -2.42. The monoisotopic (exact) mass is 410 g/mol. The summed E-state index contributed by atoms with van der Waals surface area (Å²) in [5.74, 6) is -0.149. The molecule has 0 radical (unpaired) electrons. The van der Waals surface area contributed by atoms with Crippen molar-refractivity contribution in [1.82, 2.24) is 20.0 Å². The molecule has 2 aromatic rings.